The van der Waals surface area contributed by atoms with Crippen molar-refractivity contribution in [3.8, 4) is 16.9 Å². The van der Waals surface area contributed by atoms with E-state index >= 15 is 0 Å². The highest BCUT2D eigenvalue weighted by Crippen LogP contribution is 2.31. The van der Waals surface area contributed by atoms with Crippen molar-refractivity contribution in [2.24, 2.45) is 0 Å². The first-order valence-electron chi connectivity index (χ1n) is 8.19. The second-order valence-corrected chi connectivity index (χ2v) is 6.82. The van der Waals surface area contributed by atoms with Crippen molar-refractivity contribution in [2.75, 3.05) is 33.4 Å². The van der Waals surface area contributed by atoms with Gasteiger partial charge < -0.3 is 14.5 Å². The Kier molecular flexibility index (Phi) is 4.52. The van der Waals surface area contributed by atoms with Gasteiger partial charge in [-0.05, 0) is 17.7 Å². The number of rotatable bonds is 4. The highest BCUT2D eigenvalue weighted by Gasteiger charge is 2.16. The maximum absolute atomic E-state index is 12.7. The number of thiophene rings is 1. The van der Waals surface area contributed by atoms with E-state index in [1.807, 2.05) is 29.6 Å². The fraction of sp³-hybridized carbons (Fsp3) is 0.333. The molecule has 0 spiro atoms. The number of benzene rings is 1. The smallest absolute Gasteiger partial charge is 0.260 e. The van der Waals surface area contributed by atoms with Gasteiger partial charge in [0.15, 0.2) is 0 Å². The van der Waals surface area contributed by atoms with Gasteiger partial charge in [0, 0.05) is 24.0 Å². The third-order valence-electron chi connectivity index (χ3n) is 4.37. The maximum atomic E-state index is 12.7. The number of aromatic amines is 1. The summed E-state index contributed by atoms with van der Waals surface area (Å²) in [5, 5.41) is 2.65. The van der Waals surface area contributed by atoms with E-state index < -0.39 is 0 Å². The molecule has 0 radical (unpaired) electrons. The highest BCUT2D eigenvalue weighted by atomic mass is 32.1. The number of nitrogens with one attached hydrogen (secondary N) is 1. The van der Waals surface area contributed by atoms with E-state index in [0.717, 1.165) is 48.0 Å². The Bertz CT molecular complexity index is 927. The molecule has 1 saturated heterocycles. The topological polar surface area (TPSA) is 67.5 Å². The summed E-state index contributed by atoms with van der Waals surface area (Å²) in [6.07, 6.45) is 0. The Hall–Kier alpha value is -2.22. The zero-order valence-corrected chi connectivity index (χ0v) is 14.8. The van der Waals surface area contributed by atoms with E-state index in [9.17, 15) is 4.79 Å². The second-order valence-electron chi connectivity index (χ2n) is 5.96. The number of hydrogen-bond donors (Lipinski definition) is 1. The summed E-state index contributed by atoms with van der Waals surface area (Å²) < 4.78 is 10.6. The predicted molar refractivity (Wildman–Crippen MR) is 98.3 cm³/mol. The molecule has 7 heteroatoms. The standard InChI is InChI=1S/C18H19N3O3S/c1-23-13-4-2-12(3-5-13)14-11-25-18-16(14)17(22)19-15(20-18)10-21-6-8-24-9-7-21/h2-5,11H,6-10H2,1H3,(H,19,20,22). The van der Waals surface area contributed by atoms with Gasteiger partial charge in [0.25, 0.3) is 5.56 Å². The summed E-state index contributed by atoms with van der Waals surface area (Å²) in [5.74, 6) is 1.51. The van der Waals surface area contributed by atoms with Gasteiger partial charge >= 0.3 is 0 Å². The van der Waals surface area contributed by atoms with Crippen molar-refractivity contribution in [2.45, 2.75) is 6.54 Å². The molecule has 1 N–H and O–H groups in total. The van der Waals surface area contributed by atoms with Gasteiger partial charge in [-0.15, -0.1) is 11.3 Å². The molecule has 1 aromatic carbocycles. The van der Waals surface area contributed by atoms with Crippen molar-refractivity contribution >= 4 is 21.6 Å². The van der Waals surface area contributed by atoms with Crippen molar-refractivity contribution in [1.29, 1.82) is 0 Å². The number of H-pyrrole nitrogens is 1. The number of morpholine rings is 1. The van der Waals surface area contributed by atoms with Gasteiger partial charge in [-0.25, -0.2) is 4.98 Å². The molecule has 0 atom stereocenters. The zero-order chi connectivity index (χ0) is 17.2. The van der Waals surface area contributed by atoms with Crippen LogP contribution in [0.3, 0.4) is 0 Å². The van der Waals surface area contributed by atoms with E-state index in [1.54, 1.807) is 7.11 Å². The average Bonchev–Trinajstić information content (AvgIpc) is 3.07. The first kappa shape index (κ1) is 16.3. The lowest BCUT2D eigenvalue weighted by Gasteiger charge is -2.25. The minimum atomic E-state index is -0.0830. The zero-order valence-electron chi connectivity index (χ0n) is 13.9. The van der Waals surface area contributed by atoms with Gasteiger partial charge in [-0.3, -0.25) is 9.69 Å². The molecule has 0 unspecified atom stereocenters. The summed E-state index contributed by atoms with van der Waals surface area (Å²) in [5.41, 5.74) is 1.81. The van der Waals surface area contributed by atoms with Crippen LogP contribution in [-0.4, -0.2) is 48.3 Å². The van der Waals surface area contributed by atoms with Crippen molar-refractivity contribution < 1.29 is 9.47 Å². The van der Waals surface area contributed by atoms with Crippen LogP contribution >= 0.6 is 11.3 Å². The first-order valence-corrected chi connectivity index (χ1v) is 9.07. The molecule has 3 heterocycles. The van der Waals surface area contributed by atoms with Crippen LogP contribution in [0.4, 0.5) is 0 Å². The van der Waals surface area contributed by atoms with Crippen LogP contribution < -0.4 is 10.3 Å². The van der Waals surface area contributed by atoms with Gasteiger partial charge in [0.2, 0.25) is 0 Å². The quantitative estimate of drug-likeness (QED) is 0.777. The van der Waals surface area contributed by atoms with E-state index in [0.29, 0.717) is 17.8 Å². The molecule has 1 aliphatic heterocycles. The van der Waals surface area contributed by atoms with Crippen LogP contribution in [0.5, 0.6) is 5.75 Å². The van der Waals surface area contributed by atoms with Crippen molar-refractivity contribution in [1.82, 2.24) is 14.9 Å². The fourth-order valence-electron chi connectivity index (χ4n) is 3.02. The summed E-state index contributed by atoms with van der Waals surface area (Å²) in [6, 6.07) is 7.71. The molecule has 0 amide bonds. The molecule has 25 heavy (non-hydrogen) atoms. The molecular formula is C18H19N3O3S. The highest BCUT2D eigenvalue weighted by molar-refractivity contribution is 7.17. The summed E-state index contributed by atoms with van der Waals surface area (Å²) in [4.78, 5) is 23.3. The largest absolute Gasteiger partial charge is 0.497 e. The summed E-state index contributed by atoms with van der Waals surface area (Å²) in [7, 11) is 1.64. The third kappa shape index (κ3) is 3.30. The number of nitrogens with zero attached hydrogens (tertiary/aromatic N) is 2. The van der Waals surface area contributed by atoms with Gasteiger partial charge in [-0.1, -0.05) is 12.1 Å². The Labute approximate surface area is 149 Å². The average molecular weight is 357 g/mol. The van der Waals surface area contributed by atoms with Crippen LogP contribution in [0.25, 0.3) is 21.3 Å². The molecule has 0 saturated carbocycles. The number of hydrogen-bond acceptors (Lipinski definition) is 6. The molecule has 1 aliphatic rings. The molecule has 2 aromatic heterocycles. The molecule has 4 rings (SSSR count). The second kappa shape index (κ2) is 6.95. The van der Waals surface area contributed by atoms with Crippen LogP contribution in [0.15, 0.2) is 34.4 Å². The summed E-state index contributed by atoms with van der Waals surface area (Å²) in [6.45, 7) is 3.83. The molecule has 130 valence electrons. The molecule has 3 aromatic rings. The number of fused-ring (bicyclic) bond motifs is 1. The monoisotopic (exact) mass is 357 g/mol. The maximum Gasteiger partial charge on any atom is 0.260 e. The predicted octanol–water partition coefficient (Wildman–Crippen LogP) is 2.49. The number of ether oxygens (including phenoxy) is 2. The van der Waals surface area contributed by atoms with Crippen LogP contribution in [0, 0.1) is 0 Å². The van der Waals surface area contributed by atoms with E-state index in [2.05, 4.69) is 14.9 Å². The first-order chi connectivity index (χ1) is 12.2. The Balaban J connectivity index is 1.67. The molecular weight excluding hydrogens is 338 g/mol. The van der Waals surface area contributed by atoms with Gasteiger partial charge in [0.05, 0.1) is 32.3 Å². The molecule has 0 aliphatic carbocycles. The molecule has 1 fully saturated rings. The van der Waals surface area contributed by atoms with Gasteiger partial charge in [0.1, 0.15) is 16.4 Å². The lowest BCUT2D eigenvalue weighted by Crippen LogP contribution is -2.36. The Morgan fingerprint density at radius 3 is 2.76 bits per heavy atom. The van der Waals surface area contributed by atoms with E-state index in [-0.39, 0.29) is 5.56 Å². The van der Waals surface area contributed by atoms with Crippen molar-refractivity contribution in [3.63, 3.8) is 0 Å². The fourth-order valence-corrected chi connectivity index (χ4v) is 3.99. The number of methoxy groups -OCH3 is 1. The van der Waals surface area contributed by atoms with E-state index in [4.69, 9.17) is 9.47 Å². The molecule has 0 bridgehead atoms. The minimum absolute atomic E-state index is 0.0830. The Morgan fingerprint density at radius 2 is 2.04 bits per heavy atom. The van der Waals surface area contributed by atoms with Crippen molar-refractivity contribution in [3.05, 3.63) is 45.8 Å². The van der Waals surface area contributed by atoms with E-state index in [1.165, 1.54) is 11.3 Å². The molecule has 6 nitrogen and oxygen atoms in total. The number of aromatic nitrogens is 2. The summed E-state index contributed by atoms with van der Waals surface area (Å²) >= 11 is 1.50. The third-order valence-corrected chi connectivity index (χ3v) is 5.24. The Morgan fingerprint density at radius 1 is 1.28 bits per heavy atom. The van der Waals surface area contributed by atoms with Crippen LogP contribution in [0.2, 0.25) is 0 Å². The lowest BCUT2D eigenvalue weighted by molar-refractivity contribution is 0.0331. The lowest BCUT2D eigenvalue weighted by atomic mass is 10.1. The van der Waals surface area contributed by atoms with Crippen LogP contribution in [-0.2, 0) is 11.3 Å². The van der Waals surface area contributed by atoms with Gasteiger partial charge in [-0.2, -0.15) is 0 Å². The van der Waals surface area contributed by atoms with Crippen LogP contribution in [0.1, 0.15) is 5.82 Å². The minimum Gasteiger partial charge on any atom is -0.497 e. The normalized spacial score (nSPS) is 15.6. The SMILES string of the molecule is COc1ccc(-c2csc3nc(CN4CCOCC4)[nH]c(=O)c23)cc1.